The lowest BCUT2D eigenvalue weighted by Gasteiger charge is -2.15. The Hall–Kier alpha value is -4.44. The van der Waals surface area contributed by atoms with Gasteiger partial charge in [-0.05, 0) is 99.6 Å². The normalized spacial score (nSPS) is 14.6. The minimum absolute atomic E-state index is 0. The molecule has 0 fully saturated rings. The fourth-order valence-electron chi connectivity index (χ4n) is 8.61. The van der Waals surface area contributed by atoms with Crippen LogP contribution in [0, 0.1) is 0 Å². The Morgan fingerprint density at radius 3 is 1.52 bits per heavy atom. The van der Waals surface area contributed by atoms with Crippen molar-refractivity contribution in [1.29, 1.82) is 0 Å². The van der Waals surface area contributed by atoms with E-state index in [4.69, 9.17) is 4.74 Å². The number of halogens is 2. The maximum atomic E-state index is 13.4. The van der Waals surface area contributed by atoms with Crippen molar-refractivity contribution in [2.75, 3.05) is 0 Å². The van der Waals surface area contributed by atoms with Crippen molar-refractivity contribution >= 4 is 11.6 Å². The topological polar surface area (TPSA) is 115 Å². The van der Waals surface area contributed by atoms with Gasteiger partial charge in [0.15, 0.2) is 11.6 Å². The molecule has 2 aliphatic carbocycles. The van der Waals surface area contributed by atoms with Crippen LogP contribution in [-0.2, 0) is 25.9 Å². The summed E-state index contributed by atoms with van der Waals surface area (Å²) in [7, 11) is 0. The van der Waals surface area contributed by atoms with E-state index in [0.717, 1.165) is 74.7 Å². The van der Waals surface area contributed by atoms with E-state index >= 15 is 0 Å². The number of fused-ring (bicyclic) bond motifs is 3. The number of aliphatic hydroxyl groups is 1. The van der Waals surface area contributed by atoms with E-state index < -0.39 is 6.11 Å². The molecule has 0 bridgehead atoms. The van der Waals surface area contributed by atoms with Gasteiger partial charge in [-0.2, -0.15) is 19.0 Å². The number of hydrogen-bond donors (Lipinski definition) is 1. The van der Waals surface area contributed by atoms with E-state index in [2.05, 4.69) is 115 Å². The summed E-state index contributed by atoms with van der Waals surface area (Å²) in [4.78, 5) is 32.8. The van der Waals surface area contributed by atoms with Gasteiger partial charge >= 0.3 is 6.11 Å². The van der Waals surface area contributed by atoms with Crippen LogP contribution in [0.1, 0.15) is 267 Å². The third kappa shape index (κ3) is 12.5. The number of pyridine rings is 2. The van der Waals surface area contributed by atoms with Crippen molar-refractivity contribution in [1.82, 2.24) is 20.2 Å². The molecule has 0 atom stereocenters. The number of aliphatic hydroxyl groups excluding tert-OH is 1. The van der Waals surface area contributed by atoms with E-state index in [1.165, 1.54) is 11.1 Å². The number of nitrogens with zero attached hydrogens (tertiary/aromatic N) is 4. The lowest BCUT2D eigenvalue weighted by atomic mass is 9.90. The summed E-state index contributed by atoms with van der Waals surface area (Å²) in [6, 6.07) is 8.02. The first-order chi connectivity index (χ1) is 29.4. The molecular weight excluding hydrogens is 807 g/mol. The maximum Gasteiger partial charge on any atom is 0.402 e. The van der Waals surface area contributed by atoms with Gasteiger partial charge < -0.3 is 9.84 Å². The van der Waals surface area contributed by atoms with Gasteiger partial charge in [-0.25, -0.2) is 0 Å². The monoisotopic (exact) mass is 885 g/mol. The first-order valence-electron chi connectivity index (χ1n) is 23.2. The third-order valence-electron chi connectivity index (χ3n) is 12.0. The second-order valence-corrected chi connectivity index (χ2v) is 19.8. The second-order valence-electron chi connectivity index (χ2n) is 19.8. The number of Topliss-reactive ketones (excluding diaryl/α,β-unsaturated/α-hetero) is 2. The predicted octanol–water partition coefficient (Wildman–Crippen LogP) is 14.2. The summed E-state index contributed by atoms with van der Waals surface area (Å²) in [6.07, 6.45) is 1.67. The Morgan fingerprint density at radius 2 is 1.03 bits per heavy atom. The Balaban J connectivity index is 0.000000226. The van der Waals surface area contributed by atoms with Crippen LogP contribution in [0.2, 0.25) is 0 Å². The Labute approximate surface area is 383 Å². The summed E-state index contributed by atoms with van der Waals surface area (Å²) >= 11 is 0. The molecule has 0 spiro atoms. The molecule has 0 radical (unpaired) electrons. The van der Waals surface area contributed by atoms with Gasteiger partial charge in [0.05, 0.1) is 35.8 Å². The van der Waals surface area contributed by atoms with Crippen molar-refractivity contribution in [3.8, 4) is 5.75 Å². The predicted molar refractivity (Wildman–Crippen MR) is 257 cm³/mol. The number of benzene rings is 1. The Morgan fingerprint density at radius 1 is 0.562 bits per heavy atom. The van der Waals surface area contributed by atoms with Crippen molar-refractivity contribution in [2.24, 2.45) is 0 Å². The van der Waals surface area contributed by atoms with Crippen LogP contribution < -0.4 is 4.74 Å². The molecule has 10 heteroatoms. The molecule has 0 saturated heterocycles. The summed E-state index contributed by atoms with van der Waals surface area (Å²) in [5.74, 6) is 3.61. The molecule has 0 saturated carbocycles. The molecular formula is C54H78F2N4O4. The van der Waals surface area contributed by atoms with Gasteiger partial charge in [0.25, 0.3) is 0 Å². The zero-order valence-electron chi connectivity index (χ0n) is 41.0. The number of rotatable bonds is 9. The molecule has 3 aliphatic rings. The van der Waals surface area contributed by atoms with Gasteiger partial charge in [-0.15, -0.1) is 0 Å². The first kappa shape index (κ1) is 53.9. The molecule has 8 nitrogen and oxygen atoms in total. The number of alkyl halides is 2. The molecule has 1 aromatic carbocycles. The van der Waals surface area contributed by atoms with Gasteiger partial charge in [0.1, 0.15) is 5.75 Å². The largest absolute Gasteiger partial charge is 0.432 e. The third-order valence-corrected chi connectivity index (χ3v) is 12.0. The van der Waals surface area contributed by atoms with Gasteiger partial charge in [0, 0.05) is 41.4 Å². The molecule has 1 aliphatic heterocycles. The van der Waals surface area contributed by atoms with Crippen LogP contribution in [0.25, 0.3) is 0 Å². The minimum atomic E-state index is -3.04. The fraction of sp³-hybridized carbons (Fsp3) is 0.593. The molecule has 0 unspecified atom stereocenters. The van der Waals surface area contributed by atoms with Crippen LogP contribution in [-0.4, -0.2) is 42.9 Å². The molecule has 4 heterocycles. The van der Waals surface area contributed by atoms with E-state index in [0.29, 0.717) is 53.7 Å². The van der Waals surface area contributed by atoms with Crippen LogP contribution >= 0.6 is 0 Å². The molecule has 0 amide bonds. The highest BCUT2D eigenvalue weighted by molar-refractivity contribution is 6.02. The lowest BCUT2D eigenvalue weighted by Crippen LogP contribution is -2.21. The molecule has 4 aromatic rings. The lowest BCUT2D eigenvalue weighted by molar-refractivity contribution is -0.159. The first-order valence-corrected chi connectivity index (χ1v) is 23.2. The Bertz CT molecular complexity index is 2120. The molecule has 1 N–H and O–H groups in total. The zero-order chi connectivity index (χ0) is 47.2. The second kappa shape index (κ2) is 22.6. The van der Waals surface area contributed by atoms with Crippen LogP contribution in [0.4, 0.5) is 8.78 Å². The molecule has 7 rings (SSSR count). The number of carbonyl (C=O) groups is 2. The van der Waals surface area contributed by atoms with Crippen molar-refractivity contribution in [3.63, 3.8) is 0 Å². The SMILES string of the molecule is C.CC(C)c1ccc(C(C)C)c(CO)n1.CC(C)c1ccc(C(C)C)c2c1CC(F)(F)O2.CC(C)c1cnc(C(C)C)c2c1CCC2=O.CC(C)c1nnc(C(C)C)c2c1CCC2=O. The number of hydrogen-bond acceptors (Lipinski definition) is 8. The van der Waals surface area contributed by atoms with Gasteiger partial charge in [-0.3, -0.25) is 19.6 Å². The highest BCUT2D eigenvalue weighted by atomic mass is 19.3. The number of ketones is 2. The molecule has 352 valence electrons. The molecule has 3 aromatic heterocycles. The van der Waals surface area contributed by atoms with Crippen LogP contribution in [0.3, 0.4) is 0 Å². The van der Waals surface area contributed by atoms with Crippen molar-refractivity contribution < 1.29 is 28.2 Å². The standard InChI is InChI=1S/C14H18F2O.C14H19NO.C13H18N2O.C12H19NO.CH4/c1-8(2)10-5-6-11(9(3)4)13-12(10)7-14(15,16)17-13;1-8(2)11-7-15-14(9(3)4)13-10(11)5-6-12(13)16;1-7(2)12-9-5-6-10(16)11(9)13(8(3)4)15-14-12;1-8(2)10-5-6-11(9(3)4)13-12(10)7-14;/h5-6,8-9H,7H2,1-4H3;7-9H,5-6H2,1-4H3;7-8H,5-6H2,1-4H3;5-6,8-9,14H,7H2,1-4H3;1H4. The number of carbonyl (C=O) groups excluding carboxylic acids is 2. The van der Waals surface area contributed by atoms with Gasteiger partial charge in [0.2, 0.25) is 0 Å². The smallest absolute Gasteiger partial charge is 0.402 e. The van der Waals surface area contributed by atoms with E-state index in [1.807, 2.05) is 46.0 Å². The van der Waals surface area contributed by atoms with Gasteiger partial charge in [-0.1, -0.05) is 136 Å². The number of aromatic nitrogens is 4. The summed E-state index contributed by atoms with van der Waals surface area (Å²) in [5, 5.41) is 17.8. The fourth-order valence-corrected chi connectivity index (χ4v) is 8.61. The van der Waals surface area contributed by atoms with Crippen LogP contribution in [0.5, 0.6) is 5.75 Å². The average Bonchev–Trinajstić information content (AvgIpc) is 3.90. The quantitative estimate of drug-likeness (QED) is 0.177. The Kier molecular flexibility index (Phi) is 19.1. The van der Waals surface area contributed by atoms with E-state index in [9.17, 15) is 23.5 Å². The summed E-state index contributed by atoms with van der Waals surface area (Å²) in [5.41, 5.74) is 13.9. The maximum absolute atomic E-state index is 13.4. The van der Waals surface area contributed by atoms with Crippen molar-refractivity contribution in [2.45, 2.75) is 210 Å². The number of ether oxygens (including phenoxy) is 1. The van der Waals surface area contributed by atoms with Crippen LogP contribution in [0.15, 0.2) is 30.5 Å². The summed E-state index contributed by atoms with van der Waals surface area (Å²) in [6.45, 7) is 33.3. The van der Waals surface area contributed by atoms with E-state index in [1.54, 1.807) is 0 Å². The highest BCUT2D eigenvalue weighted by Gasteiger charge is 2.42. The summed E-state index contributed by atoms with van der Waals surface area (Å²) < 4.78 is 31.6. The minimum Gasteiger partial charge on any atom is -0.432 e. The highest BCUT2D eigenvalue weighted by Crippen LogP contribution is 2.45. The zero-order valence-corrected chi connectivity index (χ0v) is 41.0. The average molecular weight is 885 g/mol. The van der Waals surface area contributed by atoms with E-state index in [-0.39, 0.29) is 49.8 Å². The van der Waals surface area contributed by atoms with Crippen molar-refractivity contribution in [3.05, 3.63) is 109 Å². The molecule has 64 heavy (non-hydrogen) atoms.